The predicted octanol–water partition coefficient (Wildman–Crippen LogP) is 2.77. The number of benzene rings is 1. The number of nitrogens with two attached hydrogens (primary N) is 1. The molecular weight excluding hydrogens is 320 g/mol. The van der Waals surface area contributed by atoms with Crippen molar-refractivity contribution in [2.45, 2.75) is 25.7 Å². The fourth-order valence-electron chi connectivity index (χ4n) is 3.04. The molecule has 0 fully saturated rings. The largest absolute Gasteiger partial charge is 0.497 e. The molecule has 0 amide bonds. The van der Waals surface area contributed by atoms with Crippen LogP contribution in [0, 0.1) is 11.3 Å². The van der Waals surface area contributed by atoms with Gasteiger partial charge in [0.15, 0.2) is 0 Å². The van der Waals surface area contributed by atoms with E-state index in [2.05, 4.69) is 16.3 Å². The van der Waals surface area contributed by atoms with Crippen LogP contribution in [0.1, 0.15) is 42.5 Å². The Morgan fingerprint density at radius 3 is 2.40 bits per heavy atom. The lowest BCUT2D eigenvalue weighted by Crippen LogP contribution is -2.21. The second kappa shape index (κ2) is 6.40. The van der Waals surface area contributed by atoms with Gasteiger partial charge >= 0.3 is 0 Å². The average Bonchev–Trinajstić information content (AvgIpc) is 3.03. The molecule has 1 aliphatic rings. The molecule has 0 radical (unpaired) electrons. The maximum atomic E-state index is 9.68. The van der Waals surface area contributed by atoms with E-state index in [4.69, 9.17) is 19.9 Å². The topological polar surface area (TPSA) is 106 Å². The van der Waals surface area contributed by atoms with Gasteiger partial charge in [-0.3, -0.25) is 5.10 Å². The minimum Gasteiger partial charge on any atom is -0.497 e. The molecule has 3 rings (SSSR count). The van der Waals surface area contributed by atoms with Crippen LogP contribution in [0.5, 0.6) is 17.4 Å². The molecule has 0 saturated carbocycles. The standard InChI is InChI=1S/C18H20N4O3/c1-9(2)16-15-14(10-5-11(23-3)7-12(6-10)24-4)13(8-19)17(20)25-18(15)22-21-16/h5-7,9,14H,20H2,1-4H3,(H,21,22)/t14-/m0/s1. The number of hydrogen-bond donors (Lipinski definition) is 2. The van der Waals surface area contributed by atoms with Crippen LogP contribution in [0.4, 0.5) is 0 Å². The summed E-state index contributed by atoms with van der Waals surface area (Å²) in [5, 5.41) is 16.9. The van der Waals surface area contributed by atoms with Gasteiger partial charge in [-0.1, -0.05) is 13.8 Å². The number of fused-ring (bicyclic) bond motifs is 1. The summed E-state index contributed by atoms with van der Waals surface area (Å²) in [6, 6.07) is 7.69. The zero-order valence-corrected chi connectivity index (χ0v) is 14.6. The number of nitrogens with zero attached hydrogens (tertiary/aromatic N) is 2. The van der Waals surface area contributed by atoms with Gasteiger partial charge in [-0.05, 0) is 23.6 Å². The third-order valence-corrected chi connectivity index (χ3v) is 4.25. The molecule has 130 valence electrons. The summed E-state index contributed by atoms with van der Waals surface area (Å²) in [6.07, 6.45) is 0. The molecule has 7 heteroatoms. The summed E-state index contributed by atoms with van der Waals surface area (Å²) < 4.78 is 16.3. The zero-order chi connectivity index (χ0) is 18.1. The molecule has 2 aromatic rings. The summed E-state index contributed by atoms with van der Waals surface area (Å²) >= 11 is 0. The maximum absolute atomic E-state index is 9.68. The molecule has 0 unspecified atom stereocenters. The van der Waals surface area contributed by atoms with E-state index in [1.54, 1.807) is 20.3 Å². The van der Waals surface area contributed by atoms with Crippen LogP contribution in [0.2, 0.25) is 0 Å². The first-order chi connectivity index (χ1) is 12.0. The first-order valence-corrected chi connectivity index (χ1v) is 7.88. The number of allylic oxidation sites excluding steroid dienone is 1. The van der Waals surface area contributed by atoms with E-state index in [1.165, 1.54) is 0 Å². The highest BCUT2D eigenvalue weighted by molar-refractivity contribution is 5.57. The van der Waals surface area contributed by atoms with Crippen LogP contribution < -0.4 is 19.9 Å². The highest BCUT2D eigenvalue weighted by Gasteiger charge is 2.36. The second-order valence-electron chi connectivity index (χ2n) is 6.08. The van der Waals surface area contributed by atoms with E-state index in [0.29, 0.717) is 23.0 Å². The van der Waals surface area contributed by atoms with Gasteiger partial charge in [0, 0.05) is 11.8 Å². The first-order valence-electron chi connectivity index (χ1n) is 7.88. The van der Waals surface area contributed by atoms with Crippen LogP contribution in [-0.2, 0) is 0 Å². The predicted molar refractivity (Wildman–Crippen MR) is 91.5 cm³/mol. The third kappa shape index (κ3) is 2.76. The molecule has 1 aromatic heterocycles. The van der Waals surface area contributed by atoms with Crippen molar-refractivity contribution in [3.8, 4) is 23.4 Å². The lowest BCUT2D eigenvalue weighted by Gasteiger charge is -2.25. The smallest absolute Gasteiger partial charge is 0.244 e. The summed E-state index contributed by atoms with van der Waals surface area (Å²) in [5.74, 6) is 1.49. The van der Waals surface area contributed by atoms with Crippen LogP contribution in [-0.4, -0.2) is 24.4 Å². The van der Waals surface area contributed by atoms with Crippen LogP contribution in [0.25, 0.3) is 0 Å². The fourth-order valence-corrected chi connectivity index (χ4v) is 3.04. The normalized spacial score (nSPS) is 16.2. The van der Waals surface area contributed by atoms with E-state index in [9.17, 15) is 5.26 Å². The number of nitrogens with one attached hydrogen (secondary N) is 1. The number of ether oxygens (including phenoxy) is 3. The Bertz CT molecular complexity index is 855. The lowest BCUT2D eigenvalue weighted by atomic mass is 9.82. The molecule has 2 heterocycles. The van der Waals surface area contributed by atoms with E-state index in [1.807, 2.05) is 26.0 Å². The molecule has 25 heavy (non-hydrogen) atoms. The first kappa shape index (κ1) is 16.7. The molecule has 0 saturated heterocycles. The van der Waals surface area contributed by atoms with Gasteiger partial charge in [-0.25, -0.2) is 0 Å². The van der Waals surface area contributed by atoms with Gasteiger partial charge in [0.25, 0.3) is 0 Å². The Morgan fingerprint density at radius 1 is 1.24 bits per heavy atom. The van der Waals surface area contributed by atoms with Crippen molar-refractivity contribution in [3.05, 3.63) is 46.5 Å². The SMILES string of the molecule is COc1cc(OC)cc([C@H]2C(C#N)=C(N)Oc3n[nH]c(C(C)C)c32)c1. The summed E-state index contributed by atoms with van der Waals surface area (Å²) in [4.78, 5) is 0. The van der Waals surface area contributed by atoms with E-state index in [0.717, 1.165) is 16.8 Å². The molecule has 0 spiro atoms. The molecule has 1 atom stereocenters. The fraction of sp³-hybridized carbons (Fsp3) is 0.333. The number of H-pyrrole nitrogens is 1. The summed E-state index contributed by atoms with van der Waals surface area (Å²) in [6.45, 7) is 4.09. The Kier molecular flexibility index (Phi) is 4.28. The zero-order valence-electron chi connectivity index (χ0n) is 14.6. The summed E-state index contributed by atoms with van der Waals surface area (Å²) in [7, 11) is 3.17. The highest BCUT2D eigenvalue weighted by atomic mass is 16.5. The van der Waals surface area contributed by atoms with Gasteiger partial charge in [-0.15, -0.1) is 5.10 Å². The maximum Gasteiger partial charge on any atom is 0.244 e. The number of hydrogen-bond acceptors (Lipinski definition) is 6. The Labute approximate surface area is 146 Å². The molecule has 1 aliphatic heterocycles. The monoisotopic (exact) mass is 340 g/mol. The van der Waals surface area contributed by atoms with E-state index < -0.39 is 5.92 Å². The van der Waals surface area contributed by atoms with Gasteiger partial charge in [0.2, 0.25) is 11.8 Å². The highest BCUT2D eigenvalue weighted by Crippen LogP contribution is 2.45. The van der Waals surface area contributed by atoms with Crippen molar-refractivity contribution >= 4 is 0 Å². The number of methoxy groups -OCH3 is 2. The minimum absolute atomic E-state index is 0.0589. The van der Waals surface area contributed by atoms with Crippen LogP contribution >= 0.6 is 0 Å². The van der Waals surface area contributed by atoms with Crippen molar-refractivity contribution in [1.29, 1.82) is 5.26 Å². The quantitative estimate of drug-likeness (QED) is 0.886. The van der Waals surface area contributed by atoms with Crippen molar-refractivity contribution in [3.63, 3.8) is 0 Å². The number of nitriles is 1. The molecule has 7 nitrogen and oxygen atoms in total. The van der Waals surface area contributed by atoms with Gasteiger partial charge < -0.3 is 19.9 Å². The van der Waals surface area contributed by atoms with Crippen LogP contribution in [0.15, 0.2) is 29.7 Å². The molecule has 1 aromatic carbocycles. The van der Waals surface area contributed by atoms with Crippen molar-refractivity contribution < 1.29 is 14.2 Å². The van der Waals surface area contributed by atoms with Crippen molar-refractivity contribution in [2.75, 3.05) is 14.2 Å². The summed E-state index contributed by atoms with van der Waals surface area (Å²) in [5.41, 5.74) is 8.86. The van der Waals surface area contributed by atoms with Gasteiger partial charge in [0.1, 0.15) is 23.1 Å². The van der Waals surface area contributed by atoms with Gasteiger partial charge in [-0.2, -0.15) is 5.26 Å². The Hall–Kier alpha value is -3.14. The van der Waals surface area contributed by atoms with E-state index in [-0.39, 0.29) is 11.8 Å². The third-order valence-electron chi connectivity index (χ3n) is 4.25. The number of aromatic nitrogens is 2. The van der Waals surface area contributed by atoms with E-state index >= 15 is 0 Å². The van der Waals surface area contributed by atoms with Crippen molar-refractivity contribution in [1.82, 2.24) is 10.2 Å². The van der Waals surface area contributed by atoms with Crippen molar-refractivity contribution in [2.24, 2.45) is 5.73 Å². The molecule has 3 N–H and O–H groups in total. The Balaban J connectivity index is 2.27. The lowest BCUT2D eigenvalue weighted by molar-refractivity contribution is 0.376. The Morgan fingerprint density at radius 2 is 1.88 bits per heavy atom. The average molecular weight is 340 g/mol. The van der Waals surface area contributed by atoms with Crippen LogP contribution in [0.3, 0.4) is 0 Å². The number of rotatable bonds is 4. The molecule has 0 aliphatic carbocycles. The minimum atomic E-state index is -0.408. The second-order valence-corrected chi connectivity index (χ2v) is 6.08. The van der Waals surface area contributed by atoms with Gasteiger partial charge in [0.05, 0.1) is 25.7 Å². The molecule has 0 bridgehead atoms. The molecular formula is C18H20N4O3. The number of aromatic amines is 1.